The number of nitrogens with zero attached hydrogens (tertiary/aromatic N) is 2. The molecule has 1 N–H and O–H groups in total. The van der Waals surface area contributed by atoms with Crippen molar-refractivity contribution >= 4 is 12.0 Å². The third-order valence-corrected chi connectivity index (χ3v) is 2.94. The Labute approximate surface area is 110 Å². The number of carboxylic acids is 1. The number of ether oxygens (including phenoxy) is 1. The number of carbonyl (C=O) groups is 2. The van der Waals surface area contributed by atoms with Crippen LogP contribution in [0, 0.1) is 0 Å². The highest BCUT2D eigenvalue weighted by molar-refractivity contribution is 5.77. The van der Waals surface area contributed by atoms with Crippen LogP contribution in [0.5, 0.6) is 0 Å². The van der Waals surface area contributed by atoms with Crippen molar-refractivity contribution in [3.63, 3.8) is 0 Å². The summed E-state index contributed by atoms with van der Waals surface area (Å²) >= 11 is 0. The standard InChI is InChI=1S/C12H16N2O5/c1-13(6-9-2-4-18-8-9)12(17)14-3-5-19-10(7-14)11(15)16/h2,4,8,10H,3,5-7H2,1H3,(H,15,16). The van der Waals surface area contributed by atoms with E-state index in [1.165, 1.54) is 9.80 Å². The summed E-state index contributed by atoms with van der Waals surface area (Å²) in [6.45, 7) is 1.13. The summed E-state index contributed by atoms with van der Waals surface area (Å²) in [7, 11) is 1.67. The third-order valence-electron chi connectivity index (χ3n) is 2.94. The molecule has 0 spiro atoms. The molecule has 1 aromatic heterocycles. The lowest BCUT2D eigenvalue weighted by Crippen LogP contribution is -2.51. The zero-order chi connectivity index (χ0) is 13.8. The van der Waals surface area contributed by atoms with E-state index in [1.807, 2.05) is 0 Å². The van der Waals surface area contributed by atoms with E-state index in [4.69, 9.17) is 14.3 Å². The minimum atomic E-state index is -1.05. The van der Waals surface area contributed by atoms with Crippen LogP contribution in [0.3, 0.4) is 0 Å². The van der Waals surface area contributed by atoms with Gasteiger partial charge in [-0.05, 0) is 6.07 Å². The van der Waals surface area contributed by atoms with Crippen molar-refractivity contribution in [2.75, 3.05) is 26.7 Å². The molecule has 19 heavy (non-hydrogen) atoms. The second-order valence-electron chi connectivity index (χ2n) is 4.41. The highest BCUT2D eigenvalue weighted by Gasteiger charge is 2.30. The molecule has 2 amide bonds. The van der Waals surface area contributed by atoms with Crippen molar-refractivity contribution in [3.8, 4) is 0 Å². The van der Waals surface area contributed by atoms with Crippen LogP contribution in [0.1, 0.15) is 5.56 Å². The van der Waals surface area contributed by atoms with E-state index in [2.05, 4.69) is 0 Å². The Kier molecular flexibility index (Phi) is 4.06. The predicted octanol–water partition coefficient (Wildman–Crippen LogP) is 0.617. The van der Waals surface area contributed by atoms with Crippen LogP contribution in [0.2, 0.25) is 0 Å². The quantitative estimate of drug-likeness (QED) is 0.868. The van der Waals surface area contributed by atoms with Crippen LogP contribution in [-0.4, -0.2) is 59.8 Å². The summed E-state index contributed by atoms with van der Waals surface area (Å²) in [5.74, 6) is -1.05. The first-order valence-corrected chi connectivity index (χ1v) is 5.93. The molecular formula is C12H16N2O5. The lowest BCUT2D eigenvalue weighted by Gasteiger charge is -2.33. The maximum absolute atomic E-state index is 12.2. The number of amides is 2. The molecule has 0 bridgehead atoms. The Morgan fingerprint density at radius 2 is 2.37 bits per heavy atom. The van der Waals surface area contributed by atoms with Crippen molar-refractivity contribution in [1.29, 1.82) is 0 Å². The second kappa shape index (κ2) is 5.75. The molecule has 7 heteroatoms. The van der Waals surface area contributed by atoms with Gasteiger partial charge in [-0.25, -0.2) is 9.59 Å². The van der Waals surface area contributed by atoms with E-state index >= 15 is 0 Å². The highest BCUT2D eigenvalue weighted by atomic mass is 16.5. The largest absolute Gasteiger partial charge is 0.479 e. The zero-order valence-electron chi connectivity index (χ0n) is 10.6. The normalized spacial score (nSPS) is 19.2. The summed E-state index contributed by atoms with van der Waals surface area (Å²) in [4.78, 5) is 26.0. The van der Waals surface area contributed by atoms with Gasteiger partial charge in [0.25, 0.3) is 0 Å². The van der Waals surface area contributed by atoms with Crippen molar-refractivity contribution in [3.05, 3.63) is 24.2 Å². The van der Waals surface area contributed by atoms with Gasteiger partial charge in [0.05, 0.1) is 32.2 Å². The fourth-order valence-electron chi connectivity index (χ4n) is 1.94. The zero-order valence-corrected chi connectivity index (χ0v) is 10.6. The molecule has 1 unspecified atom stereocenters. The van der Waals surface area contributed by atoms with Gasteiger partial charge < -0.3 is 24.1 Å². The van der Waals surface area contributed by atoms with Gasteiger partial charge in [0, 0.05) is 19.2 Å². The molecule has 2 rings (SSSR count). The summed E-state index contributed by atoms with van der Waals surface area (Å²) in [5, 5.41) is 8.89. The number of carboxylic acid groups (broad SMARTS) is 1. The smallest absolute Gasteiger partial charge is 0.334 e. The molecule has 1 saturated heterocycles. The van der Waals surface area contributed by atoms with Gasteiger partial charge in [0.1, 0.15) is 0 Å². The second-order valence-corrected chi connectivity index (χ2v) is 4.41. The van der Waals surface area contributed by atoms with Crippen LogP contribution >= 0.6 is 0 Å². The fourth-order valence-corrected chi connectivity index (χ4v) is 1.94. The van der Waals surface area contributed by atoms with Crippen molar-refractivity contribution in [1.82, 2.24) is 9.80 Å². The van der Waals surface area contributed by atoms with Crippen molar-refractivity contribution in [2.24, 2.45) is 0 Å². The van der Waals surface area contributed by atoms with Crippen molar-refractivity contribution < 1.29 is 23.8 Å². The average Bonchev–Trinajstić information content (AvgIpc) is 2.90. The number of hydrogen-bond donors (Lipinski definition) is 1. The van der Waals surface area contributed by atoms with E-state index in [9.17, 15) is 9.59 Å². The first-order valence-electron chi connectivity index (χ1n) is 5.93. The van der Waals surface area contributed by atoms with Gasteiger partial charge in [-0.15, -0.1) is 0 Å². The molecule has 1 aromatic rings. The van der Waals surface area contributed by atoms with Gasteiger partial charge in [-0.1, -0.05) is 0 Å². The van der Waals surface area contributed by atoms with E-state index in [0.717, 1.165) is 5.56 Å². The molecule has 1 fully saturated rings. The Hall–Kier alpha value is -2.02. The molecule has 7 nitrogen and oxygen atoms in total. The molecule has 1 aliphatic heterocycles. The Morgan fingerprint density at radius 3 is 3.00 bits per heavy atom. The minimum Gasteiger partial charge on any atom is -0.479 e. The molecule has 0 radical (unpaired) electrons. The number of morpholine rings is 1. The Morgan fingerprint density at radius 1 is 1.58 bits per heavy atom. The predicted molar refractivity (Wildman–Crippen MR) is 64.5 cm³/mol. The maximum atomic E-state index is 12.2. The number of carbonyl (C=O) groups excluding carboxylic acids is 1. The highest BCUT2D eigenvalue weighted by Crippen LogP contribution is 2.10. The van der Waals surface area contributed by atoms with Gasteiger partial charge in [0.2, 0.25) is 0 Å². The Bertz CT molecular complexity index is 445. The summed E-state index contributed by atoms with van der Waals surface area (Å²) in [6.07, 6.45) is 2.17. The van der Waals surface area contributed by atoms with Crippen LogP contribution in [0.25, 0.3) is 0 Å². The maximum Gasteiger partial charge on any atom is 0.334 e. The van der Waals surface area contributed by atoms with E-state index in [0.29, 0.717) is 13.1 Å². The summed E-state index contributed by atoms with van der Waals surface area (Å²) < 4.78 is 10.0. The number of urea groups is 1. The lowest BCUT2D eigenvalue weighted by molar-refractivity contribution is -0.154. The number of aliphatic carboxylic acids is 1. The minimum absolute atomic E-state index is 0.0733. The van der Waals surface area contributed by atoms with E-state index in [-0.39, 0.29) is 19.2 Å². The molecule has 1 atom stereocenters. The lowest BCUT2D eigenvalue weighted by atomic mass is 10.3. The number of hydrogen-bond acceptors (Lipinski definition) is 4. The number of rotatable bonds is 3. The number of furan rings is 1. The van der Waals surface area contributed by atoms with Gasteiger partial charge >= 0.3 is 12.0 Å². The molecule has 0 aromatic carbocycles. The van der Waals surface area contributed by atoms with Crippen molar-refractivity contribution in [2.45, 2.75) is 12.6 Å². The van der Waals surface area contributed by atoms with Crippen LogP contribution in [0.4, 0.5) is 4.79 Å². The van der Waals surface area contributed by atoms with E-state index < -0.39 is 12.1 Å². The monoisotopic (exact) mass is 268 g/mol. The topological polar surface area (TPSA) is 83.2 Å². The first kappa shape index (κ1) is 13.4. The molecule has 1 aliphatic rings. The molecule has 0 saturated carbocycles. The van der Waals surface area contributed by atoms with Gasteiger partial charge in [-0.3, -0.25) is 0 Å². The van der Waals surface area contributed by atoms with Crippen LogP contribution in [-0.2, 0) is 16.1 Å². The van der Waals surface area contributed by atoms with Crippen LogP contribution in [0.15, 0.2) is 23.0 Å². The van der Waals surface area contributed by atoms with Crippen LogP contribution < -0.4 is 0 Å². The van der Waals surface area contributed by atoms with Gasteiger partial charge in [-0.2, -0.15) is 0 Å². The average molecular weight is 268 g/mol. The summed E-state index contributed by atoms with van der Waals surface area (Å²) in [6, 6.07) is 1.57. The third kappa shape index (κ3) is 3.25. The SMILES string of the molecule is CN(Cc1ccoc1)C(=O)N1CCOC(C(=O)O)C1. The van der Waals surface area contributed by atoms with E-state index in [1.54, 1.807) is 25.6 Å². The van der Waals surface area contributed by atoms with Gasteiger partial charge in [0.15, 0.2) is 6.10 Å². The molecule has 104 valence electrons. The first-order chi connectivity index (χ1) is 9.08. The summed E-state index contributed by atoms with van der Waals surface area (Å²) in [5.41, 5.74) is 0.888. The Balaban J connectivity index is 1.93. The molecule has 0 aliphatic carbocycles. The fraction of sp³-hybridized carbons (Fsp3) is 0.500. The molecular weight excluding hydrogens is 252 g/mol. The molecule has 2 heterocycles.